The largest absolute Gasteiger partial charge is 0.497 e. The van der Waals surface area contributed by atoms with Gasteiger partial charge in [-0.2, -0.15) is 0 Å². The fourth-order valence-corrected chi connectivity index (χ4v) is 4.11. The second-order valence-corrected chi connectivity index (χ2v) is 7.78. The molecule has 2 aromatic carbocycles. The van der Waals surface area contributed by atoms with Gasteiger partial charge in [0.15, 0.2) is 0 Å². The Morgan fingerprint density at radius 3 is 2.42 bits per heavy atom. The Kier molecular flexibility index (Phi) is 5.05. The third-order valence-corrected chi connectivity index (χ3v) is 6.13. The van der Waals surface area contributed by atoms with E-state index in [-0.39, 0.29) is 12.5 Å². The predicted molar refractivity (Wildman–Crippen MR) is 116 cm³/mol. The Morgan fingerprint density at radius 2 is 1.77 bits per heavy atom. The maximum Gasteiger partial charge on any atom is 0.336 e. The number of carbonyl (C=O) groups excluding carboxylic acids is 2. The van der Waals surface area contributed by atoms with Gasteiger partial charge in [0.05, 0.1) is 13.7 Å². The maximum atomic E-state index is 13.5. The van der Waals surface area contributed by atoms with Crippen LogP contribution in [0.3, 0.4) is 0 Å². The maximum absolute atomic E-state index is 13.5. The van der Waals surface area contributed by atoms with Gasteiger partial charge in [0.2, 0.25) is 0 Å². The molecule has 0 spiro atoms. The Labute approximate surface area is 179 Å². The number of benzene rings is 2. The highest BCUT2D eigenvalue weighted by atomic mass is 16.5. The number of rotatable bonds is 5. The molecule has 1 atom stereocenters. The zero-order valence-electron chi connectivity index (χ0n) is 17.9. The van der Waals surface area contributed by atoms with Crippen molar-refractivity contribution in [2.24, 2.45) is 0 Å². The molecule has 1 aliphatic heterocycles. The summed E-state index contributed by atoms with van der Waals surface area (Å²) in [6, 6.07) is 11.7. The SMILES string of the molecule is CC[C@]1(c2ccc(OC)cc2)NC(=O)N(Cc2cc(=O)oc3c(C)c(C)ccc23)C1=O. The van der Waals surface area contributed by atoms with Crippen LogP contribution >= 0.6 is 0 Å². The van der Waals surface area contributed by atoms with Crippen molar-refractivity contribution in [1.82, 2.24) is 10.2 Å². The molecule has 3 amide bonds. The molecule has 7 heteroatoms. The normalized spacial score (nSPS) is 18.5. The molecular weight excluding hydrogens is 396 g/mol. The molecule has 1 saturated heterocycles. The minimum Gasteiger partial charge on any atom is -0.497 e. The summed E-state index contributed by atoms with van der Waals surface area (Å²) in [6.45, 7) is 5.64. The van der Waals surface area contributed by atoms with Gasteiger partial charge in [0, 0.05) is 11.5 Å². The number of amides is 3. The van der Waals surface area contributed by atoms with E-state index in [9.17, 15) is 14.4 Å². The molecule has 0 unspecified atom stereocenters. The lowest BCUT2D eigenvalue weighted by Crippen LogP contribution is -2.43. The van der Waals surface area contributed by atoms with Crippen LogP contribution in [0.2, 0.25) is 0 Å². The summed E-state index contributed by atoms with van der Waals surface area (Å²) in [5.41, 5.74) is 1.90. The average molecular weight is 420 g/mol. The van der Waals surface area contributed by atoms with Gasteiger partial charge >= 0.3 is 11.7 Å². The molecule has 1 fully saturated rings. The van der Waals surface area contributed by atoms with Gasteiger partial charge in [-0.25, -0.2) is 9.59 Å². The summed E-state index contributed by atoms with van der Waals surface area (Å²) in [7, 11) is 1.57. The Morgan fingerprint density at radius 1 is 1.06 bits per heavy atom. The van der Waals surface area contributed by atoms with Gasteiger partial charge in [-0.3, -0.25) is 9.69 Å². The van der Waals surface area contributed by atoms with Crippen molar-refractivity contribution >= 4 is 22.9 Å². The van der Waals surface area contributed by atoms with Crippen LogP contribution in [-0.2, 0) is 16.9 Å². The van der Waals surface area contributed by atoms with Crippen molar-refractivity contribution in [3.63, 3.8) is 0 Å². The molecule has 2 heterocycles. The van der Waals surface area contributed by atoms with E-state index in [0.717, 1.165) is 16.0 Å². The minimum absolute atomic E-state index is 0.0207. The first-order chi connectivity index (χ1) is 14.8. The zero-order valence-corrected chi connectivity index (χ0v) is 17.9. The molecule has 1 aliphatic rings. The van der Waals surface area contributed by atoms with Crippen molar-refractivity contribution in [3.8, 4) is 5.75 Å². The first-order valence-corrected chi connectivity index (χ1v) is 10.1. The van der Waals surface area contributed by atoms with Crippen LogP contribution in [0.4, 0.5) is 4.79 Å². The van der Waals surface area contributed by atoms with Crippen molar-refractivity contribution in [2.45, 2.75) is 39.3 Å². The highest BCUT2D eigenvalue weighted by Gasteiger charge is 2.51. The summed E-state index contributed by atoms with van der Waals surface area (Å²) < 4.78 is 10.6. The smallest absolute Gasteiger partial charge is 0.336 e. The van der Waals surface area contributed by atoms with E-state index in [2.05, 4.69) is 5.32 Å². The number of aryl methyl sites for hydroxylation is 2. The molecule has 31 heavy (non-hydrogen) atoms. The molecular formula is C24H24N2O5. The van der Waals surface area contributed by atoms with E-state index in [0.29, 0.717) is 34.3 Å². The average Bonchev–Trinajstić information content (AvgIpc) is 3.01. The Bertz CT molecular complexity index is 1250. The van der Waals surface area contributed by atoms with Crippen molar-refractivity contribution in [3.05, 3.63) is 75.1 Å². The lowest BCUT2D eigenvalue weighted by Gasteiger charge is -2.26. The van der Waals surface area contributed by atoms with Gasteiger partial charge in [0.25, 0.3) is 5.91 Å². The molecule has 3 aromatic rings. The molecule has 160 valence electrons. The highest BCUT2D eigenvalue weighted by Crippen LogP contribution is 2.35. The summed E-state index contributed by atoms with van der Waals surface area (Å²) in [6.07, 6.45) is 0.385. The number of nitrogens with zero attached hydrogens (tertiary/aromatic N) is 1. The van der Waals surface area contributed by atoms with Crippen LogP contribution in [0.5, 0.6) is 5.75 Å². The molecule has 0 saturated carbocycles. The summed E-state index contributed by atoms with van der Waals surface area (Å²) in [5, 5.41) is 3.58. The third-order valence-electron chi connectivity index (χ3n) is 6.13. The monoisotopic (exact) mass is 420 g/mol. The van der Waals surface area contributed by atoms with Crippen molar-refractivity contribution in [2.75, 3.05) is 7.11 Å². The van der Waals surface area contributed by atoms with Crippen LogP contribution in [0.1, 0.15) is 35.6 Å². The standard InChI is InChI=1S/C24H24N2O5/c1-5-24(17-7-9-18(30-4)10-8-17)22(28)26(23(29)25-24)13-16-12-20(27)31-21-15(3)14(2)6-11-19(16)21/h6-12H,5,13H2,1-4H3,(H,25,29)/t24-/m1/s1. The molecule has 0 bridgehead atoms. The number of methoxy groups -OCH3 is 1. The molecule has 0 radical (unpaired) electrons. The lowest BCUT2D eigenvalue weighted by molar-refractivity contribution is -0.132. The number of urea groups is 1. The van der Waals surface area contributed by atoms with E-state index < -0.39 is 17.2 Å². The predicted octanol–water partition coefficient (Wildman–Crippen LogP) is 3.78. The van der Waals surface area contributed by atoms with E-state index in [1.54, 1.807) is 31.4 Å². The topological polar surface area (TPSA) is 88.8 Å². The quantitative estimate of drug-likeness (QED) is 0.501. The van der Waals surface area contributed by atoms with Crippen molar-refractivity contribution in [1.29, 1.82) is 0 Å². The Balaban J connectivity index is 1.75. The van der Waals surface area contributed by atoms with E-state index in [1.165, 1.54) is 6.07 Å². The molecule has 1 aromatic heterocycles. The van der Waals surface area contributed by atoms with Crippen LogP contribution < -0.4 is 15.7 Å². The number of nitrogens with one attached hydrogen (secondary N) is 1. The zero-order chi connectivity index (χ0) is 22.3. The van der Waals surface area contributed by atoms with E-state index in [1.807, 2.05) is 32.9 Å². The summed E-state index contributed by atoms with van der Waals surface area (Å²) in [5.74, 6) is 0.312. The van der Waals surface area contributed by atoms with Crippen LogP contribution in [0.15, 0.2) is 51.7 Å². The molecule has 1 N–H and O–H groups in total. The molecule has 4 rings (SSSR count). The van der Waals surface area contributed by atoms with Gasteiger partial charge in [-0.1, -0.05) is 31.2 Å². The molecule has 7 nitrogen and oxygen atoms in total. The first kappa shape index (κ1) is 20.7. The number of carbonyl (C=O) groups is 2. The number of hydrogen-bond acceptors (Lipinski definition) is 5. The first-order valence-electron chi connectivity index (χ1n) is 10.1. The number of imide groups is 1. The molecule has 0 aliphatic carbocycles. The lowest BCUT2D eigenvalue weighted by atomic mass is 9.87. The van der Waals surface area contributed by atoms with E-state index in [4.69, 9.17) is 9.15 Å². The number of fused-ring (bicyclic) bond motifs is 1. The van der Waals surface area contributed by atoms with Crippen molar-refractivity contribution < 1.29 is 18.7 Å². The van der Waals surface area contributed by atoms with Gasteiger partial charge in [-0.05, 0) is 54.7 Å². The number of ether oxygens (including phenoxy) is 1. The van der Waals surface area contributed by atoms with Crippen LogP contribution in [0.25, 0.3) is 11.0 Å². The summed E-state index contributed by atoms with van der Waals surface area (Å²) in [4.78, 5) is 39.7. The van der Waals surface area contributed by atoms with Crippen LogP contribution in [-0.4, -0.2) is 23.9 Å². The van der Waals surface area contributed by atoms with E-state index >= 15 is 0 Å². The van der Waals surface area contributed by atoms with Gasteiger partial charge in [0.1, 0.15) is 16.9 Å². The summed E-state index contributed by atoms with van der Waals surface area (Å²) >= 11 is 0. The third kappa shape index (κ3) is 3.26. The minimum atomic E-state index is -1.16. The van der Waals surface area contributed by atoms with Gasteiger partial charge < -0.3 is 14.5 Å². The second-order valence-electron chi connectivity index (χ2n) is 7.78. The second kappa shape index (κ2) is 7.58. The fraction of sp³-hybridized carbons (Fsp3) is 0.292. The van der Waals surface area contributed by atoms with Crippen LogP contribution in [0, 0.1) is 13.8 Å². The highest BCUT2D eigenvalue weighted by molar-refractivity contribution is 6.07. The Hall–Kier alpha value is -3.61. The fourth-order valence-electron chi connectivity index (χ4n) is 4.11. The number of hydrogen-bond donors (Lipinski definition) is 1. The van der Waals surface area contributed by atoms with Gasteiger partial charge in [-0.15, -0.1) is 0 Å².